The van der Waals surface area contributed by atoms with Crippen LogP contribution in [0.25, 0.3) is 0 Å². The van der Waals surface area contributed by atoms with Crippen molar-refractivity contribution in [1.82, 2.24) is 10.2 Å². The molecule has 1 heterocycles. The third kappa shape index (κ3) is 4.79. The molecule has 0 aliphatic carbocycles. The van der Waals surface area contributed by atoms with Crippen LogP contribution >= 0.6 is 0 Å². The maximum atomic E-state index is 11.9. The second kappa shape index (κ2) is 7.93. The molecule has 4 nitrogen and oxygen atoms in total. The van der Waals surface area contributed by atoms with Crippen molar-refractivity contribution >= 4 is 5.97 Å². The van der Waals surface area contributed by atoms with Crippen LogP contribution in [0.4, 0.5) is 0 Å². The monoisotopic (exact) mass is 318 g/mol. The van der Waals surface area contributed by atoms with E-state index in [2.05, 4.69) is 61.3 Å². The summed E-state index contributed by atoms with van der Waals surface area (Å²) in [7, 11) is 1.47. The van der Waals surface area contributed by atoms with Crippen LogP contribution in [0.15, 0.2) is 30.3 Å². The van der Waals surface area contributed by atoms with Gasteiger partial charge < -0.3 is 10.1 Å². The largest absolute Gasteiger partial charge is 0.468 e. The summed E-state index contributed by atoms with van der Waals surface area (Å²) in [5.74, 6) is -0.147. The molecule has 2 atom stereocenters. The van der Waals surface area contributed by atoms with Gasteiger partial charge in [0.05, 0.1) is 7.11 Å². The predicted molar refractivity (Wildman–Crippen MR) is 93.2 cm³/mol. The van der Waals surface area contributed by atoms with Crippen LogP contribution in [0.2, 0.25) is 0 Å². The highest BCUT2D eigenvalue weighted by Gasteiger charge is 2.39. The van der Waals surface area contributed by atoms with Crippen LogP contribution in [-0.2, 0) is 16.1 Å². The summed E-state index contributed by atoms with van der Waals surface area (Å²) in [6.45, 7) is 8.56. The fraction of sp³-hybridized carbons (Fsp3) is 0.632. The number of ether oxygens (including phenoxy) is 1. The van der Waals surface area contributed by atoms with Gasteiger partial charge in [-0.15, -0.1) is 0 Å². The van der Waals surface area contributed by atoms with Crippen molar-refractivity contribution in [2.24, 2.45) is 0 Å². The molecule has 1 N–H and O–H groups in total. The minimum atomic E-state index is -0.192. The first-order chi connectivity index (χ1) is 11.0. The van der Waals surface area contributed by atoms with Gasteiger partial charge in [-0.3, -0.25) is 9.69 Å². The molecule has 0 saturated carbocycles. The molecule has 1 aromatic rings. The Morgan fingerprint density at radius 1 is 1.39 bits per heavy atom. The van der Waals surface area contributed by atoms with Crippen molar-refractivity contribution in [1.29, 1.82) is 0 Å². The van der Waals surface area contributed by atoms with Gasteiger partial charge in [0.15, 0.2) is 0 Å². The Labute approximate surface area is 140 Å². The molecular formula is C19H30N2O2. The van der Waals surface area contributed by atoms with Gasteiger partial charge >= 0.3 is 5.97 Å². The van der Waals surface area contributed by atoms with Crippen molar-refractivity contribution in [3.05, 3.63) is 35.9 Å². The molecule has 128 valence electrons. The molecule has 0 aromatic heterocycles. The highest BCUT2D eigenvalue weighted by Crippen LogP contribution is 2.30. The number of nitrogens with one attached hydrogen (secondary N) is 1. The second-order valence-corrected chi connectivity index (χ2v) is 7.11. The smallest absolute Gasteiger partial charge is 0.322 e. The van der Waals surface area contributed by atoms with E-state index < -0.39 is 0 Å². The molecule has 2 unspecified atom stereocenters. The number of carbonyl (C=O) groups excluding carboxylic acids is 1. The van der Waals surface area contributed by atoms with Crippen LogP contribution in [0, 0.1) is 0 Å². The topological polar surface area (TPSA) is 41.6 Å². The molecule has 2 rings (SSSR count). The molecule has 1 fully saturated rings. The molecule has 1 saturated heterocycles. The molecule has 1 aromatic carbocycles. The van der Waals surface area contributed by atoms with Gasteiger partial charge in [-0.1, -0.05) is 43.7 Å². The van der Waals surface area contributed by atoms with Gasteiger partial charge in [-0.2, -0.15) is 0 Å². The first kappa shape index (κ1) is 18.0. The van der Waals surface area contributed by atoms with E-state index in [1.165, 1.54) is 12.7 Å². The lowest BCUT2D eigenvalue weighted by Gasteiger charge is -2.31. The van der Waals surface area contributed by atoms with E-state index >= 15 is 0 Å². The summed E-state index contributed by atoms with van der Waals surface area (Å²) in [6, 6.07) is 10.7. The SMILES string of the molecule is CCCC(NC1CN(Cc2ccccc2)C(C)(C)C1)C(=O)OC. The van der Waals surface area contributed by atoms with Crippen LogP contribution in [-0.4, -0.2) is 42.1 Å². The van der Waals surface area contributed by atoms with Crippen LogP contribution in [0.5, 0.6) is 0 Å². The van der Waals surface area contributed by atoms with Crippen molar-refractivity contribution in [2.75, 3.05) is 13.7 Å². The molecule has 0 bridgehead atoms. The predicted octanol–water partition coefficient (Wildman–Crippen LogP) is 2.97. The Balaban J connectivity index is 1.99. The average molecular weight is 318 g/mol. The zero-order valence-corrected chi connectivity index (χ0v) is 14.8. The number of esters is 1. The second-order valence-electron chi connectivity index (χ2n) is 7.11. The summed E-state index contributed by atoms with van der Waals surface area (Å²) >= 11 is 0. The van der Waals surface area contributed by atoms with E-state index in [0.717, 1.165) is 32.4 Å². The third-order valence-electron chi connectivity index (χ3n) is 4.76. The Bertz CT molecular complexity index is 501. The fourth-order valence-electron chi connectivity index (χ4n) is 3.49. The van der Waals surface area contributed by atoms with Gasteiger partial charge in [-0.05, 0) is 32.3 Å². The minimum absolute atomic E-state index is 0.125. The van der Waals surface area contributed by atoms with E-state index in [-0.39, 0.29) is 17.6 Å². The quantitative estimate of drug-likeness (QED) is 0.785. The number of rotatable bonds is 7. The van der Waals surface area contributed by atoms with Gasteiger partial charge in [0, 0.05) is 24.7 Å². The van der Waals surface area contributed by atoms with E-state index in [1.54, 1.807) is 0 Å². The summed E-state index contributed by atoms with van der Waals surface area (Å²) in [5.41, 5.74) is 1.46. The van der Waals surface area contributed by atoms with Crippen molar-refractivity contribution in [3.63, 3.8) is 0 Å². The van der Waals surface area contributed by atoms with Crippen molar-refractivity contribution in [2.45, 2.75) is 64.2 Å². The summed E-state index contributed by atoms with van der Waals surface area (Å²) < 4.78 is 4.93. The first-order valence-corrected chi connectivity index (χ1v) is 8.59. The Morgan fingerprint density at radius 2 is 2.09 bits per heavy atom. The normalized spacial score (nSPS) is 22.0. The van der Waals surface area contributed by atoms with Gasteiger partial charge in [0.1, 0.15) is 6.04 Å². The Kier molecular flexibility index (Phi) is 6.19. The summed E-state index contributed by atoms with van der Waals surface area (Å²) in [4.78, 5) is 14.4. The highest BCUT2D eigenvalue weighted by atomic mass is 16.5. The fourth-order valence-corrected chi connectivity index (χ4v) is 3.49. The maximum Gasteiger partial charge on any atom is 0.322 e. The van der Waals surface area contributed by atoms with E-state index in [9.17, 15) is 4.79 Å². The van der Waals surface area contributed by atoms with Crippen LogP contribution < -0.4 is 5.32 Å². The number of nitrogens with zero attached hydrogens (tertiary/aromatic N) is 1. The number of hydrogen-bond donors (Lipinski definition) is 1. The molecular weight excluding hydrogens is 288 g/mol. The third-order valence-corrected chi connectivity index (χ3v) is 4.76. The highest BCUT2D eigenvalue weighted by molar-refractivity contribution is 5.75. The number of methoxy groups -OCH3 is 1. The molecule has 0 spiro atoms. The van der Waals surface area contributed by atoms with Gasteiger partial charge in [0.25, 0.3) is 0 Å². The Hall–Kier alpha value is -1.39. The zero-order valence-electron chi connectivity index (χ0n) is 14.8. The lowest BCUT2D eigenvalue weighted by Crippen LogP contribution is -2.45. The van der Waals surface area contributed by atoms with E-state index in [4.69, 9.17) is 4.74 Å². The molecule has 1 aliphatic rings. The van der Waals surface area contributed by atoms with Crippen LogP contribution in [0.1, 0.15) is 45.6 Å². The van der Waals surface area contributed by atoms with Crippen molar-refractivity contribution in [3.8, 4) is 0 Å². The lowest BCUT2D eigenvalue weighted by molar-refractivity contribution is -0.143. The maximum absolute atomic E-state index is 11.9. The lowest BCUT2D eigenvalue weighted by atomic mass is 9.99. The average Bonchev–Trinajstić information content (AvgIpc) is 2.81. The van der Waals surface area contributed by atoms with E-state index in [0.29, 0.717) is 6.04 Å². The van der Waals surface area contributed by atoms with Gasteiger partial charge in [0.2, 0.25) is 0 Å². The zero-order chi connectivity index (χ0) is 16.9. The van der Waals surface area contributed by atoms with Gasteiger partial charge in [-0.25, -0.2) is 0 Å². The van der Waals surface area contributed by atoms with Crippen LogP contribution in [0.3, 0.4) is 0 Å². The van der Waals surface area contributed by atoms with E-state index in [1.807, 2.05) is 0 Å². The summed E-state index contributed by atoms with van der Waals surface area (Å²) in [6.07, 6.45) is 2.83. The van der Waals surface area contributed by atoms with Crippen molar-refractivity contribution < 1.29 is 9.53 Å². The number of hydrogen-bond acceptors (Lipinski definition) is 4. The molecule has 0 amide bonds. The number of likely N-dealkylation sites (tertiary alicyclic amines) is 1. The molecule has 4 heteroatoms. The minimum Gasteiger partial charge on any atom is -0.468 e. The molecule has 23 heavy (non-hydrogen) atoms. The number of carbonyl (C=O) groups is 1. The molecule has 1 aliphatic heterocycles. The standard InChI is InChI=1S/C19H30N2O2/c1-5-9-17(18(22)23-4)20-16-12-19(2,3)21(14-16)13-15-10-7-6-8-11-15/h6-8,10-11,16-17,20H,5,9,12-14H2,1-4H3. The summed E-state index contributed by atoms with van der Waals surface area (Å²) in [5, 5.41) is 3.52. The Morgan fingerprint density at radius 3 is 2.70 bits per heavy atom. The number of benzene rings is 1. The molecule has 0 radical (unpaired) electrons. The first-order valence-electron chi connectivity index (χ1n) is 8.59.